The number of aromatic nitrogens is 3. The minimum absolute atomic E-state index is 0.00785. The number of benzene rings is 2. The number of primary amides is 1. The maximum absolute atomic E-state index is 14.5. The normalized spacial score (nSPS) is 15.7. The van der Waals surface area contributed by atoms with Crippen LogP contribution in [-0.4, -0.2) is 142 Å². The number of imidazole rings is 1. The third-order valence-corrected chi connectivity index (χ3v) is 12.7. The summed E-state index contributed by atoms with van der Waals surface area (Å²) in [6.07, 6.45) is 6.99. The van der Waals surface area contributed by atoms with Gasteiger partial charge in [0, 0.05) is 61.3 Å². The summed E-state index contributed by atoms with van der Waals surface area (Å²) in [5, 5.41) is 17.1. The summed E-state index contributed by atoms with van der Waals surface area (Å²) in [5.74, 6) is -5.83. The summed E-state index contributed by atoms with van der Waals surface area (Å²) in [7, 11) is 0. The first-order chi connectivity index (χ1) is 35.4. The van der Waals surface area contributed by atoms with Gasteiger partial charge in [0.15, 0.2) is 5.96 Å². The first-order valence-corrected chi connectivity index (χ1v) is 24.9. The number of nitrogens with two attached hydrogens (primary N) is 5. The Hall–Kier alpha value is -7.86. The van der Waals surface area contributed by atoms with E-state index in [0.717, 1.165) is 10.9 Å². The van der Waals surface area contributed by atoms with Crippen molar-refractivity contribution in [3.63, 3.8) is 0 Å². The number of unbranched alkanes of at least 4 members (excludes halogenated alkanes) is 1. The quantitative estimate of drug-likeness (QED) is 0.0161. The highest BCUT2D eigenvalue weighted by Gasteiger charge is 2.39. The number of nitrogens with zero attached hydrogens (tertiary/aromatic N) is 3. The Kier molecular flexibility index (Phi) is 21.9. The van der Waals surface area contributed by atoms with E-state index in [4.69, 9.17) is 28.7 Å². The molecule has 7 atom stereocenters. The molecule has 2 aromatic carbocycles. The molecule has 1 aliphatic heterocycles. The minimum atomic E-state index is -1.33. The van der Waals surface area contributed by atoms with Gasteiger partial charge in [-0.25, -0.2) is 4.98 Å². The highest BCUT2D eigenvalue weighted by Crippen LogP contribution is 2.22. The van der Waals surface area contributed by atoms with Crippen LogP contribution in [0, 0.1) is 5.92 Å². The molecule has 0 radical (unpaired) electrons. The molecule has 18 N–H and O–H groups in total. The Labute approximate surface area is 429 Å². The summed E-state index contributed by atoms with van der Waals surface area (Å²) in [5.41, 5.74) is 31.4. The first kappa shape index (κ1) is 57.0. The van der Waals surface area contributed by atoms with Gasteiger partial charge < -0.3 is 75.4 Å². The zero-order chi connectivity index (χ0) is 53.7. The van der Waals surface area contributed by atoms with Crippen molar-refractivity contribution in [2.45, 2.75) is 120 Å². The number of aliphatic imine (C=N–C) groups is 1. The molecule has 0 saturated carbocycles. The fraction of sp³-hybridized carbons (Fsp3) is 0.480. The maximum Gasteiger partial charge on any atom is 0.245 e. The van der Waals surface area contributed by atoms with Crippen LogP contribution >= 0.6 is 0 Å². The molecule has 0 unspecified atom stereocenters. The van der Waals surface area contributed by atoms with Crippen LogP contribution in [0.2, 0.25) is 0 Å². The van der Waals surface area contributed by atoms with E-state index >= 15 is 0 Å². The summed E-state index contributed by atoms with van der Waals surface area (Å²) < 4.78 is 0. The van der Waals surface area contributed by atoms with Gasteiger partial charge in [0.25, 0.3) is 0 Å². The second kappa shape index (κ2) is 28.4. The van der Waals surface area contributed by atoms with Crippen molar-refractivity contribution in [2.24, 2.45) is 39.6 Å². The van der Waals surface area contributed by atoms with E-state index in [2.05, 4.69) is 51.8 Å². The third-order valence-electron chi connectivity index (χ3n) is 12.7. The van der Waals surface area contributed by atoms with E-state index in [-0.39, 0.29) is 63.5 Å². The number of fused-ring (bicyclic) bond motifs is 1. The zero-order valence-electron chi connectivity index (χ0n) is 41.9. The van der Waals surface area contributed by atoms with E-state index < -0.39 is 96.1 Å². The molecule has 24 heteroatoms. The highest BCUT2D eigenvalue weighted by atomic mass is 16.2. The van der Waals surface area contributed by atoms with Crippen molar-refractivity contribution in [1.29, 1.82) is 0 Å². The number of hydrogen-bond acceptors (Lipinski definition) is 12. The number of amides is 8. The second-order valence-corrected chi connectivity index (χ2v) is 18.7. The zero-order valence-corrected chi connectivity index (χ0v) is 41.9. The molecule has 0 aliphatic carbocycles. The Morgan fingerprint density at radius 3 is 2.12 bits per heavy atom. The minimum Gasteiger partial charge on any atom is -0.370 e. The van der Waals surface area contributed by atoms with Crippen molar-refractivity contribution in [2.75, 3.05) is 26.2 Å². The van der Waals surface area contributed by atoms with Crippen LogP contribution in [0.15, 0.2) is 78.3 Å². The average molecular weight is 1030 g/mol. The van der Waals surface area contributed by atoms with Crippen molar-refractivity contribution >= 4 is 64.1 Å². The Morgan fingerprint density at radius 1 is 0.757 bits per heavy atom. The van der Waals surface area contributed by atoms with Crippen LogP contribution in [0.25, 0.3) is 10.9 Å². The van der Waals surface area contributed by atoms with Crippen LogP contribution in [0.1, 0.15) is 75.6 Å². The second-order valence-electron chi connectivity index (χ2n) is 18.7. The van der Waals surface area contributed by atoms with E-state index in [0.29, 0.717) is 49.0 Å². The van der Waals surface area contributed by atoms with Gasteiger partial charge >= 0.3 is 0 Å². The van der Waals surface area contributed by atoms with Gasteiger partial charge in [-0.2, -0.15) is 0 Å². The molecule has 1 aliphatic rings. The predicted molar refractivity (Wildman–Crippen MR) is 277 cm³/mol. The molecule has 4 aromatic rings. The molecule has 2 aromatic heterocycles. The first-order valence-electron chi connectivity index (χ1n) is 24.9. The Morgan fingerprint density at radius 2 is 1.43 bits per heavy atom. The molecular weight excluding hydrogens is 953 g/mol. The van der Waals surface area contributed by atoms with Crippen LogP contribution in [0.5, 0.6) is 0 Å². The summed E-state index contributed by atoms with van der Waals surface area (Å²) in [6.45, 7) is 3.52. The standard InChI is InChI=1S/C50H72N16O8/c1-29(2)42(43(53)68)65-48(73)40-18-11-21-66(40)49(74)37(16-8-9-19-51)61-41(67)27-59-45(70)39(23-31-25-58-35-15-7-6-14-33(31)35)64-46(71)36(17-10-20-57-50(54)55)62-47(72)38(22-30-12-4-3-5-13-30)63-44(69)34(52)24-32-26-56-28-60-32/h3-7,12-15,25-26,28-29,34,36-40,42,58H,8-11,16-24,27,51-52H2,1-2H3,(H2,53,68)(H,56,60)(H,59,70)(H,61,67)(H,62,72)(H,63,69)(H,64,71)(H,65,73)(H4,54,55,57)/t34-,36-,37-,38+,39-,40-,42-/m0/s1. The number of carbonyl (C=O) groups is 8. The van der Waals surface area contributed by atoms with Gasteiger partial charge in [0.05, 0.1) is 18.9 Å². The van der Waals surface area contributed by atoms with Crippen molar-refractivity contribution in [3.8, 4) is 0 Å². The molecular formula is C50H72N16O8. The molecule has 24 nitrogen and oxygen atoms in total. The number of carbonyl (C=O) groups excluding carboxylic acids is 8. The summed E-state index contributed by atoms with van der Waals surface area (Å²) >= 11 is 0. The fourth-order valence-electron chi connectivity index (χ4n) is 8.72. The van der Waals surface area contributed by atoms with E-state index in [1.165, 1.54) is 17.4 Å². The van der Waals surface area contributed by atoms with Crippen molar-refractivity contribution in [1.82, 2.24) is 51.8 Å². The number of likely N-dealkylation sites (tertiary alicyclic amines) is 1. The van der Waals surface area contributed by atoms with Gasteiger partial charge in [0.1, 0.15) is 36.3 Å². The lowest BCUT2D eigenvalue weighted by Crippen LogP contribution is -2.59. The third kappa shape index (κ3) is 17.1. The Balaban J connectivity index is 1.35. The smallest absolute Gasteiger partial charge is 0.245 e. The predicted octanol–water partition coefficient (Wildman–Crippen LogP) is -1.90. The molecule has 1 saturated heterocycles. The van der Waals surface area contributed by atoms with Gasteiger partial charge in [-0.1, -0.05) is 62.4 Å². The van der Waals surface area contributed by atoms with Crippen LogP contribution in [0.4, 0.5) is 0 Å². The summed E-state index contributed by atoms with van der Waals surface area (Å²) in [6, 6.07) is 8.45. The average Bonchev–Trinajstić information content (AvgIpc) is 4.17. The molecule has 8 amide bonds. The maximum atomic E-state index is 14.5. The number of para-hydroxylation sites is 1. The lowest BCUT2D eigenvalue weighted by atomic mass is 10.0. The van der Waals surface area contributed by atoms with Crippen molar-refractivity contribution in [3.05, 3.63) is 90.1 Å². The SMILES string of the molecule is CC(C)[C@H](NC(=O)[C@@H]1CCCN1C(=O)[C@H](CCCCN)NC(=O)CNC(=O)[C@H](Cc1c[nH]c2ccccc12)NC(=O)[C@H](CCCN=C(N)N)NC(=O)[C@@H](Cc1ccccc1)NC(=O)[C@@H](N)Cc1cnc[nH]1)C(N)=O. The number of H-pyrrole nitrogens is 2. The van der Waals surface area contributed by atoms with Crippen LogP contribution in [-0.2, 0) is 57.6 Å². The van der Waals surface area contributed by atoms with E-state index in [9.17, 15) is 38.4 Å². The summed E-state index contributed by atoms with van der Waals surface area (Å²) in [4.78, 5) is 125. The fourth-order valence-corrected chi connectivity index (χ4v) is 8.72. The molecule has 5 rings (SSSR count). The largest absolute Gasteiger partial charge is 0.370 e. The molecule has 0 spiro atoms. The number of guanidine groups is 1. The molecule has 74 heavy (non-hydrogen) atoms. The van der Waals surface area contributed by atoms with Crippen molar-refractivity contribution < 1.29 is 38.4 Å². The number of rotatable bonds is 29. The van der Waals surface area contributed by atoms with Gasteiger partial charge in [-0.15, -0.1) is 0 Å². The van der Waals surface area contributed by atoms with E-state index in [1.54, 1.807) is 50.4 Å². The number of aromatic amines is 2. The Bertz CT molecular complexity index is 2550. The highest BCUT2D eigenvalue weighted by molar-refractivity contribution is 5.98. The molecule has 1 fully saturated rings. The van der Waals surface area contributed by atoms with Gasteiger partial charge in [0.2, 0.25) is 47.3 Å². The monoisotopic (exact) mass is 1020 g/mol. The topological polar surface area (TPSA) is 399 Å². The lowest BCUT2D eigenvalue weighted by molar-refractivity contribution is -0.142. The lowest BCUT2D eigenvalue weighted by Gasteiger charge is -2.30. The van der Waals surface area contributed by atoms with Gasteiger partial charge in [-0.3, -0.25) is 43.3 Å². The van der Waals surface area contributed by atoms with E-state index in [1.807, 2.05) is 24.3 Å². The van der Waals surface area contributed by atoms with Gasteiger partial charge in [-0.05, 0) is 74.6 Å². The molecule has 0 bridgehead atoms. The number of nitrogens with one attached hydrogen (secondary N) is 8. The number of hydrogen-bond donors (Lipinski definition) is 13. The molecule has 3 heterocycles. The van der Waals surface area contributed by atoms with Crippen LogP contribution < -0.4 is 60.6 Å². The molecule has 400 valence electrons. The van der Waals surface area contributed by atoms with Crippen LogP contribution in [0.3, 0.4) is 0 Å².